The minimum absolute atomic E-state index is 0.197. The predicted molar refractivity (Wildman–Crippen MR) is 73.1 cm³/mol. The highest BCUT2D eigenvalue weighted by molar-refractivity contribution is 5.51. The summed E-state index contributed by atoms with van der Waals surface area (Å²) in [7, 11) is 0. The van der Waals surface area contributed by atoms with Crippen LogP contribution in [-0.4, -0.2) is 6.61 Å². The third kappa shape index (κ3) is 3.38. The molecule has 0 saturated carbocycles. The fraction of sp³-hybridized carbons (Fsp3) is 0.200. The Morgan fingerprint density at radius 2 is 1.85 bits per heavy atom. The first kappa shape index (κ1) is 14.1. The third-order valence-electron chi connectivity index (χ3n) is 2.52. The Morgan fingerprint density at radius 3 is 2.60 bits per heavy atom. The second-order valence-electron chi connectivity index (χ2n) is 4.24. The summed E-state index contributed by atoms with van der Waals surface area (Å²) in [6.45, 7) is 2.52. The van der Waals surface area contributed by atoms with Gasteiger partial charge in [-0.3, -0.25) is 0 Å². The molecular formula is C15H15F2NO2. The Bertz CT molecular complexity index is 602. The number of hydrogen-bond acceptors (Lipinski definition) is 3. The maximum atomic E-state index is 13.5. The van der Waals surface area contributed by atoms with Crippen LogP contribution in [0.1, 0.15) is 13.3 Å². The van der Waals surface area contributed by atoms with E-state index in [0.29, 0.717) is 23.8 Å². The lowest BCUT2D eigenvalue weighted by atomic mass is 10.2. The van der Waals surface area contributed by atoms with Gasteiger partial charge in [-0.2, -0.15) is 4.39 Å². The normalized spacial score (nSPS) is 10.3. The second kappa shape index (κ2) is 6.23. The number of hydrogen-bond donors (Lipinski definition) is 1. The lowest BCUT2D eigenvalue weighted by Crippen LogP contribution is -1.98. The van der Waals surface area contributed by atoms with E-state index in [2.05, 4.69) is 0 Å². The molecule has 2 aromatic rings. The molecule has 0 aliphatic carbocycles. The van der Waals surface area contributed by atoms with Crippen LogP contribution in [-0.2, 0) is 0 Å². The van der Waals surface area contributed by atoms with E-state index < -0.39 is 11.6 Å². The fourth-order valence-electron chi connectivity index (χ4n) is 1.65. The number of benzene rings is 2. The number of ether oxygens (including phenoxy) is 2. The summed E-state index contributed by atoms with van der Waals surface area (Å²) < 4.78 is 37.4. The summed E-state index contributed by atoms with van der Waals surface area (Å²) in [4.78, 5) is 0. The van der Waals surface area contributed by atoms with Crippen LogP contribution in [0.4, 0.5) is 14.5 Å². The van der Waals surface area contributed by atoms with Gasteiger partial charge in [-0.25, -0.2) is 4.39 Å². The summed E-state index contributed by atoms with van der Waals surface area (Å²) >= 11 is 0. The van der Waals surface area contributed by atoms with Gasteiger partial charge in [0, 0.05) is 23.9 Å². The number of nitrogens with two attached hydrogens (primary N) is 1. The Labute approximate surface area is 115 Å². The molecule has 0 aliphatic heterocycles. The molecule has 0 atom stereocenters. The first-order valence-corrected chi connectivity index (χ1v) is 6.25. The van der Waals surface area contributed by atoms with Crippen molar-refractivity contribution in [3.05, 3.63) is 48.0 Å². The van der Waals surface area contributed by atoms with Crippen LogP contribution in [0, 0.1) is 11.6 Å². The molecule has 3 nitrogen and oxygen atoms in total. The smallest absolute Gasteiger partial charge is 0.201 e. The maximum absolute atomic E-state index is 13.5. The average Bonchev–Trinajstić information content (AvgIpc) is 2.41. The lowest BCUT2D eigenvalue weighted by Gasteiger charge is -2.11. The van der Waals surface area contributed by atoms with E-state index in [1.165, 1.54) is 18.2 Å². The van der Waals surface area contributed by atoms with Crippen molar-refractivity contribution in [1.82, 2.24) is 0 Å². The SMILES string of the molecule is CCCOc1cc(N)cc(Oc2cccc(F)c2F)c1. The molecule has 0 bridgehead atoms. The van der Waals surface area contributed by atoms with E-state index in [1.807, 2.05) is 6.92 Å². The number of anilines is 1. The Balaban J connectivity index is 2.24. The minimum Gasteiger partial charge on any atom is -0.493 e. The monoisotopic (exact) mass is 279 g/mol. The molecule has 0 radical (unpaired) electrons. The fourth-order valence-corrected chi connectivity index (χ4v) is 1.65. The Hall–Kier alpha value is -2.30. The van der Waals surface area contributed by atoms with Crippen LogP contribution >= 0.6 is 0 Å². The van der Waals surface area contributed by atoms with Gasteiger partial charge in [0.1, 0.15) is 11.5 Å². The first-order chi connectivity index (χ1) is 9.60. The summed E-state index contributed by atoms with van der Waals surface area (Å²) in [5.41, 5.74) is 6.15. The standard InChI is InChI=1S/C15H15F2NO2/c1-2-6-19-11-7-10(18)8-12(9-11)20-14-5-3-4-13(16)15(14)17/h3-5,7-9H,2,6,18H2,1H3. The molecule has 5 heteroatoms. The quantitative estimate of drug-likeness (QED) is 0.837. The molecular weight excluding hydrogens is 264 g/mol. The third-order valence-corrected chi connectivity index (χ3v) is 2.52. The number of rotatable bonds is 5. The average molecular weight is 279 g/mol. The molecule has 0 unspecified atom stereocenters. The van der Waals surface area contributed by atoms with Gasteiger partial charge in [0.15, 0.2) is 11.6 Å². The van der Waals surface area contributed by atoms with Crippen LogP contribution < -0.4 is 15.2 Å². The highest BCUT2D eigenvalue weighted by Crippen LogP contribution is 2.30. The van der Waals surface area contributed by atoms with Crippen molar-refractivity contribution in [3.8, 4) is 17.2 Å². The number of halogens is 2. The highest BCUT2D eigenvalue weighted by Gasteiger charge is 2.10. The molecule has 0 amide bonds. The number of nitrogen functional groups attached to an aromatic ring is 1. The van der Waals surface area contributed by atoms with Gasteiger partial charge in [-0.15, -0.1) is 0 Å². The van der Waals surface area contributed by atoms with Gasteiger partial charge >= 0.3 is 0 Å². The predicted octanol–water partition coefficient (Wildman–Crippen LogP) is 4.13. The molecule has 0 heterocycles. The summed E-state index contributed by atoms with van der Waals surface area (Å²) in [5, 5.41) is 0. The van der Waals surface area contributed by atoms with Crippen molar-refractivity contribution in [1.29, 1.82) is 0 Å². The van der Waals surface area contributed by atoms with Crippen molar-refractivity contribution in [2.45, 2.75) is 13.3 Å². The zero-order valence-electron chi connectivity index (χ0n) is 11.0. The zero-order valence-corrected chi connectivity index (χ0v) is 11.0. The first-order valence-electron chi connectivity index (χ1n) is 6.25. The Kier molecular flexibility index (Phi) is 4.40. The van der Waals surface area contributed by atoms with E-state index in [1.54, 1.807) is 12.1 Å². The molecule has 2 N–H and O–H groups in total. The molecule has 0 saturated heterocycles. The summed E-state index contributed by atoms with van der Waals surface area (Å²) in [6, 6.07) is 8.48. The van der Waals surface area contributed by atoms with Gasteiger partial charge in [0.05, 0.1) is 6.61 Å². The largest absolute Gasteiger partial charge is 0.493 e. The Morgan fingerprint density at radius 1 is 1.10 bits per heavy atom. The van der Waals surface area contributed by atoms with Crippen LogP contribution in [0.25, 0.3) is 0 Å². The van der Waals surface area contributed by atoms with Gasteiger partial charge in [0.2, 0.25) is 5.82 Å². The zero-order chi connectivity index (χ0) is 14.5. The molecule has 106 valence electrons. The van der Waals surface area contributed by atoms with Crippen LogP contribution in [0.2, 0.25) is 0 Å². The van der Waals surface area contributed by atoms with Crippen molar-refractivity contribution in [2.75, 3.05) is 12.3 Å². The van der Waals surface area contributed by atoms with Gasteiger partial charge < -0.3 is 15.2 Å². The van der Waals surface area contributed by atoms with Gasteiger partial charge in [-0.1, -0.05) is 13.0 Å². The minimum atomic E-state index is -1.04. The van der Waals surface area contributed by atoms with E-state index in [-0.39, 0.29) is 5.75 Å². The molecule has 0 aromatic heterocycles. The van der Waals surface area contributed by atoms with Crippen LogP contribution in [0.15, 0.2) is 36.4 Å². The van der Waals surface area contributed by atoms with Crippen molar-refractivity contribution < 1.29 is 18.3 Å². The van der Waals surface area contributed by atoms with Crippen LogP contribution in [0.3, 0.4) is 0 Å². The molecule has 0 fully saturated rings. The van der Waals surface area contributed by atoms with E-state index in [4.69, 9.17) is 15.2 Å². The molecule has 20 heavy (non-hydrogen) atoms. The van der Waals surface area contributed by atoms with Gasteiger partial charge in [-0.05, 0) is 18.6 Å². The van der Waals surface area contributed by atoms with Crippen LogP contribution in [0.5, 0.6) is 17.2 Å². The second-order valence-corrected chi connectivity index (χ2v) is 4.24. The molecule has 2 aromatic carbocycles. The van der Waals surface area contributed by atoms with Crippen molar-refractivity contribution in [3.63, 3.8) is 0 Å². The molecule has 0 aliphatic rings. The molecule has 0 spiro atoms. The van der Waals surface area contributed by atoms with E-state index in [9.17, 15) is 8.78 Å². The van der Waals surface area contributed by atoms with E-state index >= 15 is 0 Å². The van der Waals surface area contributed by atoms with E-state index in [0.717, 1.165) is 12.5 Å². The molecule has 2 rings (SSSR count). The highest BCUT2D eigenvalue weighted by atomic mass is 19.2. The summed E-state index contributed by atoms with van der Waals surface area (Å²) in [5.74, 6) is -1.38. The lowest BCUT2D eigenvalue weighted by molar-refractivity contribution is 0.315. The van der Waals surface area contributed by atoms with Crippen molar-refractivity contribution >= 4 is 5.69 Å². The maximum Gasteiger partial charge on any atom is 0.201 e. The van der Waals surface area contributed by atoms with Gasteiger partial charge in [0.25, 0.3) is 0 Å². The van der Waals surface area contributed by atoms with Crippen molar-refractivity contribution in [2.24, 2.45) is 0 Å². The summed E-state index contributed by atoms with van der Waals surface area (Å²) in [6.07, 6.45) is 0.851. The topological polar surface area (TPSA) is 44.5 Å².